The Hall–Kier alpha value is -3.96. The fraction of sp³-hybridized carbons (Fsp3) is 0.345. The van der Waals surface area contributed by atoms with E-state index in [9.17, 15) is 19.1 Å². The zero-order chi connectivity index (χ0) is 29.3. The smallest absolute Gasteiger partial charge is 0.251 e. The van der Waals surface area contributed by atoms with E-state index in [0.717, 1.165) is 6.07 Å². The number of phenols is 1. The molecule has 9 nitrogen and oxygen atoms in total. The summed E-state index contributed by atoms with van der Waals surface area (Å²) in [6.07, 6.45) is 0.756. The quantitative estimate of drug-likeness (QED) is 0.467. The number of pyridine rings is 1. The van der Waals surface area contributed by atoms with E-state index in [-0.39, 0.29) is 65.0 Å². The van der Waals surface area contributed by atoms with Crippen molar-refractivity contribution in [3.8, 4) is 22.8 Å². The molecule has 3 aliphatic heterocycles. The Balaban J connectivity index is 1.62. The molecule has 1 aromatic heterocycles. The number of halogens is 3. The lowest BCUT2D eigenvalue weighted by molar-refractivity contribution is -0.131. The first-order valence-electron chi connectivity index (χ1n) is 13.2. The Morgan fingerprint density at radius 2 is 2.00 bits per heavy atom. The maximum atomic E-state index is 16.4. The van der Waals surface area contributed by atoms with Crippen molar-refractivity contribution in [2.45, 2.75) is 25.1 Å². The molecule has 1 N–H and O–H groups in total. The standard InChI is InChI=1S/C29H28ClF2N5O4/c1-5-21(39)35-13-19-29(40)37-12-15(11-34(3)4)41-28-27(37)26(36(19)10-14(35)2)16-9-17(30)22(24(32)25(16)33-28)23-18(31)7-6-8-20(23)38/h5-9,14-15,19,38H,1,10-13H2,2-4H3/t14-,15-,19-/m1/s1. The van der Waals surface area contributed by atoms with Gasteiger partial charge in [-0.2, -0.15) is 0 Å². The number of phenolic OH excluding ortho intramolecular Hbond substituents is 1. The van der Waals surface area contributed by atoms with Gasteiger partial charge in [0.05, 0.1) is 29.4 Å². The van der Waals surface area contributed by atoms with E-state index in [4.69, 9.17) is 16.3 Å². The Labute approximate surface area is 240 Å². The van der Waals surface area contributed by atoms with E-state index in [1.165, 1.54) is 24.3 Å². The van der Waals surface area contributed by atoms with E-state index >= 15 is 4.39 Å². The topological polar surface area (TPSA) is 89.5 Å². The average molecular weight is 584 g/mol. The van der Waals surface area contributed by atoms with Gasteiger partial charge in [-0.3, -0.25) is 9.59 Å². The van der Waals surface area contributed by atoms with Gasteiger partial charge in [0.15, 0.2) is 5.82 Å². The van der Waals surface area contributed by atoms with Crippen LogP contribution in [0.3, 0.4) is 0 Å². The van der Waals surface area contributed by atoms with Crippen molar-refractivity contribution in [2.24, 2.45) is 0 Å². The number of hydrogen-bond donors (Lipinski definition) is 1. The molecule has 3 aromatic rings. The Morgan fingerprint density at radius 1 is 1.24 bits per heavy atom. The lowest BCUT2D eigenvalue weighted by atomic mass is 9.95. The highest BCUT2D eigenvalue weighted by atomic mass is 35.5. The minimum Gasteiger partial charge on any atom is -0.507 e. The number of ether oxygens (including phenoxy) is 1. The molecule has 41 heavy (non-hydrogen) atoms. The highest BCUT2D eigenvalue weighted by Crippen LogP contribution is 2.52. The van der Waals surface area contributed by atoms with Crippen LogP contribution in [0.5, 0.6) is 11.6 Å². The first-order chi connectivity index (χ1) is 19.5. The zero-order valence-corrected chi connectivity index (χ0v) is 23.5. The molecule has 214 valence electrons. The monoisotopic (exact) mass is 583 g/mol. The number of amides is 2. The number of piperazine rings is 1. The van der Waals surface area contributed by atoms with Crippen molar-refractivity contribution < 1.29 is 28.2 Å². The second kappa shape index (κ2) is 9.85. The molecule has 12 heteroatoms. The summed E-state index contributed by atoms with van der Waals surface area (Å²) in [7, 11) is 3.74. The number of likely N-dealkylation sites (N-methyl/N-ethyl adjacent to an activating group) is 1. The zero-order valence-electron chi connectivity index (χ0n) is 22.7. The SMILES string of the molecule is C=CC(=O)N1C[C@@H]2C(=O)N3C[C@@H](CN(C)C)Oc4nc5c(F)c(-c6c(O)cccc6F)c(Cl)cc5c(c43)N2C[C@H]1C. The van der Waals surface area contributed by atoms with Crippen molar-refractivity contribution >= 4 is 45.7 Å². The molecule has 2 amide bonds. The molecule has 3 aliphatic rings. The molecule has 0 bridgehead atoms. The highest BCUT2D eigenvalue weighted by Gasteiger charge is 2.49. The summed E-state index contributed by atoms with van der Waals surface area (Å²) in [5.74, 6) is -2.69. The van der Waals surface area contributed by atoms with Gasteiger partial charge in [0.2, 0.25) is 11.8 Å². The van der Waals surface area contributed by atoms with E-state index in [1.54, 1.807) is 9.80 Å². The van der Waals surface area contributed by atoms with Gasteiger partial charge in [-0.05, 0) is 45.3 Å². The van der Waals surface area contributed by atoms with Crippen molar-refractivity contribution in [2.75, 3.05) is 50.1 Å². The molecule has 3 atom stereocenters. The van der Waals surface area contributed by atoms with Crippen LogP contribution in [0.4, 0.5) is 20.2 Å². The summed E-state index contributed by atoms with van der Waals surface area (Å²) in [6.45, 7) is 6.53. The minimum atomic E-state index is -0.932. The number of rotatable bonds is 4. The number of hydrogen-bond acceptors (Lipinski definition) is 7. The van der Waals surface area contributed by atoms with Gasteiger partial charge < -0.3 is 29.4 Å². The third-order valence-corrected chi connectivity index (χ3v) is 8.17. The maximum absolute atomic E-state index is 16.4. The van der Waals surface area contributed by atoms with Gasteiger partial charge in [-0.15, -0.1) is 0 Å². The number of carbonyl (C=O) groups is 2. The van der Waals surface area contributed by atoms with Crippen LogP contribution in [-0.4, -0.2) is 90.2 Å². The lowest BCUT2D eigenvalue weighted by Crippen LogP contribution is -2.67. The maximum Gasteiger partial charge on any atom is 0.251 e. The normalized spacial score (nSPS) is 21.6. The summed E-state index contributed by atoms with van der Waals surface area (Å²) in [5.41, 5.74) is 0.0556. The second-order valence-corrected chi connectivity index (χ2v) is 11.3. The molecule has 1 fully saturated rings. The highest BCUT2D eigenvalue weighted by molar-refractivity contribution is 6.35. The molecule has 0 spiro atoms. The Kier molecular flexibility index (Phi) is 6.54. The first kappa shape index (κ1) is 27.2. The molecule has 2 aromatic carbocycles. The van der Waals surface area contributed by atoms with Crippen LogP contribution in [0.15, 0.2) is 36.9 Å². The van der Waals surface area contributed by atoms with Crippen molar-refractivity contribution in [1.82, 2.24) is 14.8 Å². The number of aromatic hydroxyl groups is 1. The molecule has 6 rings (SSSR count). The number of carbonyl (C=O) groups excluding carboxylic acids is 2. The van der Waals surface area contributed by atoms with Gasteiger partial charge in [-0.25, -0.2) is 13.8 Å². The van der Waals surface area contributed by atoms with Crippen LogP contribution in [-0.2, 0) is 9.59 Å². The van der Waals surface area contributed by atoms with Crippen LogP contribution < -0.4 is 14.5 Å². The Bertz CT molecular complexity index is 1610. The van der Waals surface area contributed by atoms with Crippen molar-refractivity contribution in [3.05, 3.63) is 53.6 Å². The molecule has 1 saturated heterocycles. The second-order valence-electron chi connectivity index (χ2n) is 10.9. The van der Waals surface area contributed by atoms with Gasteiger partial charge >= 0.3 is 0 Å². The third-order valence-electron chi connectivity index (χ3n) is 7.87. The van der Waals surface area contributed by atoms with E-state index in [1.807, 2.05) is 30.8 Å². The van der Waals surface area contributed by atoms with Crippen LogP contribution in [0.2, 0.25) is 5.02 Å². The minimum absolute atomic E-state index is 0.0691. The van der Waals surface area contributed by atoms with E-state index in [2.05, 4.69) is 11.6 Å². The van der Waals surface area contributed by atoms with Crippen molar-refractivity contribution in [1.29, 1.82) is 0 Å². The Morgan fingerprint density at radius 3 is 2.68 bits per heavy atom. The first-order valence-corrected chi connectivity index (χ1v) is 13.6. The molecular weight excluding hydrogens is 556 g/mol. The number of fused-ring (bicyclic) bond motifs is 4. The van der Waals surface area contributed by atoms with Crippen LogP contribution in [0, 0.1) is 11.6 Å². The fourth-order valence-corrected chi connectivity index (χ4v) is 6.40. The van der Waals surface area contributed by atoms with E-state index < -0.39 is 29.5 Å². The molecule has 0 saturated carbocycles. The molecule has 0 unspecified atom stereocenters. The molecule has 0 radical (unpaired) electrons. The number of benzene rings is 2. The predicted octanol–water partition coefficient (Wildman–Crippen LogP) is 3.80. The predicted molar refractivity (Wildman–Crippen MR) is 152 cm³/mol. The van der Waals surface area contributed by atoms with E-state index in [0.29, 0.717) is 23.3 Å². The number of anilines is 2. The summed E-state index contributed by atoms with van der Waals surface area (Å²) < 4.78 is 37.5. The number of nitrogens with zero attached hydrogens (tertiary/aromatic N) is 5. The molecule has 0 aliphatic carbocycles. The molecular formula is C29H28ClF2N5O4. The van der Waals surface area contributed by atoms with Gasteiger partial charge in [-0.1, -0.05) is 24.2 Å². The summed E-state index contributed by atoms with van der Waals surface area (Å²) in [6, 6.07) is 4.09. The lowest BCUT2D eigenvalue weighted by Gasteiger charge is -2.52. The summed E-state index contributed by atoms with van der Waals surface area (Å²) >= 11 is 6.60. The van der Waals surface area contributed by atoms with Crippen LogP contribution in [0.1, 0.15) is 6.92 Å². The summed E-state index contributed by atoms with van der Waals surface area (Å²) in [4.78, 5) is 38.1. The average Bonchev–Trinajstić information content (AvgIpc) is 2.91. The van der Waals surface area contributed by atoms with Gasteiger partial charge in [0.25, 0.3) is 5.91 Å². The number of aromatic nitrogens is 1. The third kappa shape index (κ3) is 4.17. The van der Waals surface area contributed by atoms with Gasteiger partial charge in [0.1, 0.15) is 34.9 Å². The fourth-order valence-electron chi connectivity index (χ4n) is 6.12. The van der Waals surface area contributed by atoms with Crippen LogP contribution in [0.25, 0.3) is 22.0 Å². The van der Waals surface area contributed by atoms with Crippen LogP contribution >= 0.6 is 11.6 Å². The molecule has 4 heterocycles. The van der Waals surface area contributed by atoms with Crippen molar-refractivity contribution in [3.63, 3.8) is 0 Å². The summed E-state index contributed by atoms with van der Waals surface area (Å²) in [5, 5.41) is 10.6. The largest absolute Gasteiger partial charge is 0.507 e. The van der Waals surface area contributed by atoms with Gasteiger partial charge in [0, 0.05) is 30.1 Å².